The van der Waals surface area contributed by atoms with Gasteiger partial charge in [0.1, 0.15) is 0 Å². The normalized spacial score (nSPS) is 17.4. The van der Waals surface area contributed by atoms with Crippen LogP contribution >= 0.6 is 11.3 Å². The second kappa shape index (κ2) is 5.00. The Morgan fingerprint density at radius 1 is 1.35 bits per heavy atom. The molecule has 1 aliphatic heterocycles. The summed E-state index contributed by atoms with van der Waals surface area (Å²) in [4.78, 5) is 3.93. The highest BCUT2D eigenvalue weighted by atomic mass is 32.1. The smallest absolute Gasteiger partial charge is 0.0658 e. The monoisotopic (exact) mass is 248 g/mol. The van der Waals surface area contributed by atoms with Crippen molar-refractivity contribution in [2.45, 2.75) is 6.54 Å². The summed E-state index contributed by atoms with van der Waals surface area (Å²) in [5.41, 5.74) is 2.35. The van der Waals surface area contributed by atoms with Crippen molar-refractivity contribution in [1.29, 1.82) is 0 Å². The van der Waals surface area contributed by atoms with Crippen LogP contribution in [0.25, 0.3) is 11.3 Å². The average Bonchev–Trinajstić information content (AvgIpc) is 3.00. The van der Waals surface area contributed by atoms with Crippen LogP contribution in [-0.2, 0) is 6.54 Å². The number of rotatable bonds is 3. The Kier molecular flexibility index (Phi) is 3.22. The molecule has 5 heteroatoms. The van der Waals surface area contributed by atoms with Crippen molar-refractivity contribution in [3.8, 4) is 11.3 Å². The van der Waals surface area contributed by atoms with Crippen molar-refractivity contribution in [3.63, 3.8) is 0 Å². The highest BCUT2D eigenvalue weighted by Gasteiger charge is 2.11. The van der Waals surface area contributed by atoms with E-state index in [1.807, 2.05) is 17.4 Å². The first-order valence-corrected chi connectivity index (χ1v) is 6.80. The first kappa shape index (κ1) is 11.0. The number of aromatic amines is 1. The van der Waals surface area contributed by atoms with Crippen LogP contribution in [0.5, 0.6) is 0 Å². The minimum Gasteiger partial charge on any atom is -0.314 e. The first-order valence-electron chi connectivity index (χ1n) is 5.92. The molecular formula is C12H16N4S. The van der Waals surface area contributed by atoms with Crippen LogP contribution in [0.1, 0.15) is 4.88 Å². The largest absolute Gasteiger partial charge is 0.314 e. The Bertz CT molecular complexity index is 457. The summed E-state index contributed by atoms with van der Waals surface area (Å²) >= 11 is 1.83. The standard InChI is InChI=1S/C12H16N4S/c1-2-14-15-12(1)10-7-11(17-9-10)8-16-5-3-13-4-6-16/h1-2,7,9,13H,3-6,8H2,(H,14,15). The molecule has 0 radical (unpaired) electrons. The molecule has 0 aliphatic carbocycles. The zero-order valence-electron chi connectivity index (χ0n) is 9.65. The predicted molar refractivity (Wildman–Crippen MR) is 70.0 cm³/mol. The predicted octanol–water partition coefficient (Wildman–Crippen LogP) is 1.54. The van der Waals surface area contributed by atoms with Crippen LogP contribution in [0.2, 0.25) is 0 Å². The average molecular weight is 248 g/mol. The van der Waals surface area contributed by atoms with E-state index in [1.165, 1.54) is 10.4 Å². The molecule has 1 saturated heterocycles. The van der Waals surface area contributed by atoms with Gasteiger partial charge in [-0.05, 0) is 12.1 Å². The van der Waals surface area contributed by atoms with Gasteiger partial charge in [-0.15, -0.1) is 11.3 Å². The van der Waals surface area contributed by atoms with Crippen LogP contribution in [0, 0.1) is 0 Å². The van der Waals surface area contributed by atoms with Gasteiger partial charge in [0.25, 0.3) is 0 Å². The van der Waals surface area contributed by atoms with E-state index < -0.39 is 0 Å². The maximum Gasteiger partial charge on any atom is 0.0658 e. The number of nitrogens with zero attached hydrogens (tertiary/aromatic N) is 2. The highest BCUT2D eigenvalue weighted by molar-refractivity contribution is 7.10. The number of aromatic nitrogens is 2. The topological polar surface area (TPSA) is 44.0 Å². The SMILES string of the molecule is c1cc(-c2csc(CN3CCNCC3)c2)[nH]n1. The number of nitrogens with one attached hydrogen (secondary N) is 2. The molecule has 0 spiro atoms. The summed E-state index contributed by atoms with van der Waals surface area (Å²) in [6.45, 7) is 5.59. The lowest BCUT2D eigenvalue weighted by Crippen LogP contribution is -2.42. The van der Waals surface area contributed by atoms with Crippen LogP contribution in [0.3, 0.4) is 0 Å². The van der Waals surface area contributed by atoms with Crippen molar-refractivity contribution in [2.75, 3.05) is 26.2 Å². The fraction of sp³-hybridized carbons (Fsp3) is 0.417. The molecule has 1 aliphatic rings. The van der Waals surface area contributed by atoms with Gasteiger partial charge >= 0.3 is 0 Å². The Morgan fingerprint density at radius 3 is 3.00 bits per heavy atom. The Balaban J connectivity index is 1.68. The Morgan fingerprint density at radius 2 is 2.24 bits per heavy atom. The molecule has 4 nitrogen and oxygen atoms in total. The molecular weight excluding hydrogens is 232 g/mol. The molecule has 0 atom stereocenters. The Labute approximate surface area is 105 Å². The molecule has 90 valence electrons. The van der Waals surface area contributed by atoms with Gasteiger partial charge in [0.15, 0.2) is 0 Å². The fourth-order valence-corrected chi connectivity index (χ4v) is 3.04. The van der Waals surface area contributed by atoms with E-state index in [0.717, 1.165) is 38.4 Å². The lowest BCUT2D eigenvalue weighted by atomic mass is 10.2. The molecule has 2 aromatic rings. The second-order valence-electron chi connectivity index (χ2n) is 4.30. The molecule has 0 amide bonds. The molecule has 17 heavy (non-hydrogen) atoms. The van der Waals surface area contributed by atoms with E-state index in [0.29, 0.717) is 0 Å². The third-order valence-electron chi connectivity index (χ3n) is 3.05. The van der Waals surface area contributed by atoms with Gasteiger partial charge in [0.05, 0.1) is 5.69 Å². The lowest BCUT2D eigenvalue weighted by Gasteiger charge is -2.26. The maximum atomic E-state index is 3.98. The van der Waals surface area contributed by atoms with Crippen molar-refractivity contribution in [2.24, 2.45) is 0 Å². The van der Waals surface area contributed by atoms with Gasteiger partial charge in [0.2, 0.25) is 0 Å². The third-order valence-corrected chi connectivity index (χ3v) is 3.98. The van der Waals surface area contributed by atoms with E-state index in [-0.39, 0.29) is 0 Å². The molecule has 0 aromatic carbocycles. The van der Waals surface area contributed by atoms with Crippen molar-refractivity contribution < 1.29 is 0 Å². The number of piperazine rings is 1. The van der Waals surface area contributed by atoms with Crippen molar-refractivity contribution >= 4 is 11.3 Å². The second-order valence-corrected chi connectivity index (χ2v) is 5.29. The zero-order chi connectivity index (χ0) is 11.5. The van der Waals surface area contributed by atoms with Gasteiger partial charge in [0, 0.05) is 54.7 Å². The molecule has 2 N–H and O–H groups in total. The molecule has 0 saturated carbocycles. The van der Waals surface area contributed by atoms with Gasteiger partial charge in [-0.1, -0.05) is 0 Å². The van der Waals surface area contributed by atoms with Gasteiger partial charge in [-0.3, -0.25) is 10.00 Å². The third kappa shape index (κ3) is 2.57. The van der Waals surface area contributed by atoms with Crippen molar-refractivity contribution in [3.05, 3.63) is 28.6 Å². The highest BCUT2D eigenvalue weighted by Crippen LogP contribution is 2.24. The Hall–Kier alpha value is -1.17. The van der Waals surface area contributed by atoms with Crippen LogP contribution in [0.15, 0.2) is 23.7 Å². The summed E-state index contributed by atoms with van der Waals surface area (Å²) in [5, 5.41) is 12.6. The lowest BCUT2D eigenvalue weighted by molar-refractivity contribution is 0.235. The zero-order valence-corrected chi connectivity index (χ0v) is 10.5. The van der Waals surface area contributed by atoms with Crippen molar-refractivity contribution in [1.82, 2.24) is 20.4 Å². The minimum absolute atomic E-state index is 1.07. The number of hydrogen-bond donors (Lipinski definition) is 2. The molecule has 3 heterocycles. The number of hydrogen-bond acceptors (Lipinski definition) is 4. The quantitative estimate of drug-likeness (QED) is 0.866. The van der Waals surface area contributed by atoms with Crippen LogP contribution in [-0.4, -0.2) is 41.3 Å². The van der Waals surface area contributed by atoms with Crippen LogP contribution in [0.4, 0.5) is 0 Å². The van der Waals surface area contributed by atoms with E-state index in [9.17, 15) is 0 Å². The molecule has 2 aromatic heterocycles. The van der Waals surface area contributed by atoms with Crippen LogP contribution < -0.4 is 5.32 Å². The summed E-state index contributed by atoms with van der Waals surface area (Å²) in [6.07, 6.45) is 1.79. The van der Waals surface area contributed by atoms with E-state index in [2.05, 4.69) is 31.9 Å². The number of thiophene rings is 1. The molecule has 3 rings (SSSR count). The van der Waals surface area contributed by atoms with E-state index in [1.54, 1.807) is 6.20 Å². The van der Waals surface area contributed by atoms with E-state index >= 15 is 0 Å². The number of H-pyrrole nitrogens is 1. The van der Waals surface area contributed by atoms with Gasteiger partial charge < -0.3 is 5.32 Å². The van der Waals surface area contributed by atoms with E-state index in [4.69, 9.17) is 0 Å². The summed E-state index contributed by atoms with van der Waals surface area (Å²) in [7, 11) is 0. The molecule has 1 fully saturated rings. The molecule has 0 bridgehead atoms. The first-order chi connectivity index (χ1) is 8.42. The fourth-order valence-electron chi connectivity index (χ4n) is 2.11. The molecule has 0 unspecified atom stereocenters. The minimum atomic E-state index is 1.07. The summed E-state index contributed by atoms with van der Waals surface area (Å²) in [5.74, 6) is 0. The van der Waals surface area contributed by atoms with Gasteiger partial charge in [-0.2, -0.15) is 5.10 Å². The van der Waals surface area contributed by atoms with Gasteiger partial charge in [-0.25, -0.2) is 0 Å². The summed E-state index contributed by atoms with van der Waals surface area (Å²) < 4.78 is 0. The maximum absolute atomic E-state index is 3.98. The summed E-state index contributed by atoms with van der Waals surface area (Å²) in [6, 6.07) is 4.27.